The van der Waals surface area contributed by atoms with E-state index in [9.17, 15) is 13.2 Å². The summed E-state index contributed by atoms with van der Waals surface area (Å²) in [5, 5.41) is 0. The molecule has 2 saturated heterocycles. The lowest BCUT2D eigenvalue weighted by atomic mass is 9.91. The van der Waals surface area contributed by atoms with Crippen molar-refractivity contribution in [2.24, 2.45) is 0 Å². The molecule has 1 saturated carbocycles. The van der Waals surface area contributed by atoms with Gasteiger partial charge in [-0.1, -0.05) is 0 Å². The van der Waals surface area contributed by atoms with E-state index in [1.54, 1.807) is 0 Å². The van der Waals surface area contributed by atoms with E-state index in [1.807, 2.05) is 0 Å². The van der Waals surface area contributed by atoms with Crippen LogP contribution in [0.15, 0.2) is 0 Å². The first kappa shape index (κ1) is 14.6. The van der Waals surface area contributed by atoms with Crippen molar-refractivity contribution in [2.45, 2.75) is 56.4 Å². The molecule has 3 aliphatic rings. The molecular weight excluding hydrogens is 275 g/mol. The van der Waals surface area contributed by atoms with Crippen molar-refractivity contribution in [3.05, 3.63) is 0 Å². The second-order valence-electron chi connectivity index (χ2n) is 5.86. The summed E-state index contributed by atoms with van der Waals surface area (Å²) in [7, 11) is 0. The summed E-state index contributed by atoms with van der Waals surface area (Å²) in [4.78, 5) is 2.33. The molecule has 0 bridgehead atoms. The summed E-state index contributed by atoms with van der Waals surface area (Å²) in [5.41, 5.74) is 0. The lowest BCUT2D eigenvalue weighted by Gasteiger charge is -2.36. The molecule has 2 atom stereocenters. The van der Waals surface area contributed by atoms with E-state index in [0.717, 1.165) is 39.1 Å². The predicted octanol–water partition coefficient (Wildman–Crippen LogP) is 1.93. The molecule has 0 aromatic carbocycles. The molecule has 7 heteroatoms. The SMILES string of the molecule is FC(F)(F)OC1CCC(N(CC2CO2)CC2CO2)CC1. The third-order valence-corrected chi connectivity index (χ3v) is 4.14. The number of rotatable bonds is 6. The number of ether oxygens (including phenoxy) is 3. The molecule has 2 unspecified atom stereocenters. The second-order valence-corrected chi connectivity index (χ2v) is 5.86. The van der Waals surface area contributed by atoms with Crippen LogP contribution in [-0.2, 0) is 14.2 Å². The first-order valence-electron chi connectivity index (χ1n) is 7.21. The molecule has 0 aromatic heterocycles. The normalized spacial score (nSPS) is 37.2. The van der Waals surface area contributed by atoms with Crippen LogP contribution in [0.5, 0.6) is 0 Å². The monoisotopic (exact) mass is 295 g/mol. The Labute approximate surface area is 116 Å². The van der Waals surface area contributed by atoms with Crippen molar-refractivity contribution in [1.29, 1.82) is 0 Å². The molecule has 4 nitrogen and oxygen atoms in total. The highest BCUT2D eigenvalue weighted by atomic mass is 19.4. The van der Waals surface area contributed by atoms with Gasteiger partial charge in [-0.25, -0.2) is 0 Å². The third-order valence-electron chi connectivity index (χ3n) is 4.14. The highest BCUT2D eigenvalue weighted by Crippen LogP contribution is 2.31. The van der Waals surface area contributed by atoms with Crippen molar-refractivity contribution in [1.82, 2.24) is 4.90 Å². The van der Waals surface area contributed by atoms with Gasteiger partial charge in [-0.3, -0.25) is 9.64 Å². The maximum atomic E-state index is 12.2. The summed E-state index contributed by atoms with van der Waals surface area (Å²) in [6.07, 6.45) is -2.14. The molecular formula is C13H20F3NO3. The molecule has 0 spiro atoms. The van der Waals surface area contributed by atoms with Crippen molar-refractivity contribution in [3.63, 3.8) is 0 Å². The lowest BCUT2D eigenvalue weighted by molar-refractivity contribution is -0.345. The average Bonchev–Trinajstić information content (AvgIpc) is 3.22. The van der Waals surface area contributed by atoms with E-state index in [2.05, 4.69) is 9.64 Å². The molecule has 0 aromatic rings. The van der Waals surface area contributed by atoms with Crippen LogP contribution in [-0.4, -0.2) is 61.9 Å². The van der Waals surface area contributed by atoms with Crippen LogP contribution in [0.25, 0.3) is 0 Å². The van der Waals surface area contributed by atoms with Gasteiger partial charge in [0.15, 0.2) is 0 Å². The Hall–Kier alpha value is -0.370. The maximum absolute atomic E-state index is 12.2. The summed E-state index contributed by atoms with van der Waals surface area (Å²) < 4.78 is 51.2. The Morgan fingerprint density at radius 2 is 1.45 bits per heavy atom. The summed E-state index contributed by atoms with van der Waals surface area (Å²) in [5.74, 6) is 0. The van der Waals surface area contributed by atoms with Gasteiger partial charge in [0.1, 0.15) is 0 Å². The number of hydrogen-bond acceptors (Lipinski definition) is 4. The Balaban J connectivity index is 1.46. The first-order valence-corrected chi connectivity index (χ1v) is 7.21. The predicted molar refractivity (Wildman–Crippen MR) is 64.2 cm³/mol. The molecule has 2 heterocycles. The standard InChI is InChI=1S/C13H20F3NO3/c14-13(15,16)20-10-3-1-9(2-4-10)17(5-11-7-18-11)6-12-8-19-12/h9-12H,1-8H2. The van der Waals surface area contributed by atoms with Gasteiger partial charge in [0.05, 0.1) is 31.5 Å². The fourth-order valence-corrected chi connectivity index (χ4v) is 2.96. The minimum absolute atomic E-state index is 0.304. The van der Waals surface area contributed by atoms with Crippen molar-refractivity contribution in [3.8, 4) is 0 Å². The molecule has 1 aliphatic carbocycles. The largest absolute Gasteiger partial charge is 0.522 e. The molecule has 3 fully saturated rings. The number of epoxide rings is 2. The van der Waals surface area contributed by atoms with Gasteiger partial charge in [0, 0.05) is 19.1 Å². The van der Waals surface area contributed by atoms with Gasteiger partial charge in [0.25, 0.3) is 0 Å². The molecule has 0 N–H and O–H groups in total. The zero-order valence-electron chi connectivity index (χ0n) is 11.3. The fourth-order valence-electron chi connectivity index (χ4n) is 2.96. The summed E-state index contributed by atoms with van der Waals surface area (Å²) in [6.45, 7) is 3.34. The van der Waals surface area contributed by atoms with E-state index < -0.39 is 12.5 Å². The van der Waals surface area contributed by atoms with E-state index >= 15 is 0 Å². The molecule has 3 rings (SSSR count). The molecule has 116 valence electrons. The Bertz CT molecular complexity index is 309. The van der Waals surface area contributed by atoms with Gasteiger partial charge in [-0.05, 0) is 25.7 Å². The highest BCUT2D eigenvalue weighted by Gasteiger charge is 2.38. The molecule has 2 aliphatic heterocycles. The van der Waals surface area contributed by atoms with E-state index in [-0.39, 0.29) is 0 Å². The van der Waals surface area contributed by atoms with Crippen molar-refractivity contribution in [2.75, 3.05) is 26.3 Å². The van der Waals surface area contributed by atoms with Crippen LogP contribution in [0.1, 0.15) is 25.7 Å². The second kappa shape index (κ2) is 5.79. The zero-order chi connectivity index (χ0) is 14.2. The number of nitrogens with zero attached hydrogens (tertiary/aromatic N) is 1. The topological polar surface area (TPSA) is 37.5 Å². The smallest absolute Gasteiger partial charge is 0.372 e. The van der Waals surface area contributed by atoms with Crippen LogP contribution < -0.4 is 0 Å². The van der Waals surface area contributed by atoms with Crippen LogP contribution in [0.2, 0.25) is 0 Å². The van der Waals surface area contributed by atoms with Crippen LogP contribution in [0.4, 0.5) is 13.2 Å². The minimum Gasteiger partial charge on any atom is -0.372 e. The Kier molecular flexibility index (Phi) is 4.21. The third kappa shape index (κ3) is 4.58. The maximum Gasteiger partial charge on any atom is 0.522 e. The molecule has 0 amide bonds. The van der Waals surface area contributed by atoms with E-state index in [4.69, 9.17) is 9.47 Å². The fraction of sp³-hybridized carbons (Fsp3) is 1.00. The molecule has 20 heavy (non-hydrogen) atoms. The van der Waals surface area contributed by atoms with Crippen molar-refractivity contribution >= 4 is 0 Å². The molecule has 0 radical (unpaired) electrons. The van der Waals surface area contributed by atoms with Gasteiger partial charge in [-0.2, -0.15) is 0 Å². The van der Waals surface area contributed by atoms with Gasteiger partial charge < -0.3 is 9.47 Å². The Morgan fingerprint density at radius 3 is 1.85 bits per heavy atom. The van der Waals surface area contributed by atoms with Crippen LogP contribution in [0, 0.1) is 0 Å². The quantitative estimate of drug-likeness (QED) is 0.702. The highest BCUT2D eigenvalue weighted by molar-refractivity contribution is 4.87. The summed E-state index contributed by atoms with van der Waals surface area (Å²) >= 11 is 0. The Morgan fingerprint density at radius 1 is 0.950 bits per heavy atom. The minimum atomic E-state index is -4.51. The lowest BCUT2D eigenvalue weighted by Crippen LogP contribution is -2.44. The van der Waals surface area contributed by atoms with Gasteiger partial charge in [-0.15, -0.1) is 13.2 Å². The van der Waals surface area contributed by atoms with Crippen LogP contribution in [0.3, 0.4) is 0 Å². The van der Waals surface area contributed by atoms with Gasteiger partial charge >= 0.3 is 6.36 Å². The van der Waals surface area contributed by atoms with Gasteiger partial charge in [0.2, 0.25) is 0 Å². The first-order chi connectivity index (χ1) is 9.49. The zero-order valence-corrected chi connectivity index (χ0v) is 11.3. The number of hydrogen-bond donors (Lipinski definition) is 0. The number of alkyl halides is 3. The summed E-state index contributed by atoms with van der Waals surface area (Å²) in [6, 6.07) is 0.330. The van der Waals surface area contributed by atoms with E-state index in [0.29, 0.717) is 31.1 Å². The average molecular weight is 295 g/mol. The van der Waals surface area contributed by atoms with Crippen molar-refractivity contribution < 1.29 is 27.4 Å². The van der Waals surface area contributed by atoms with Crippen LogP contribution >= 0.6 is 0 Å². The van der Waals surface area contributed by atoms with E-state index in [1.165, 1.54) is 0 Å². The number of halogens is 3.